The Morgan fingerprint density at radius 2 is 1.59 bits per heavy atom. The third-order valence-electron chi connectivity index (χ3n) is 4.07. The molecule has 0 aromatic heterocycles. The number of benzene rings is 2. The van der Waals surface area contributed by atoms with E-state index in [1.54, 1.807) is 12.1 Å². The lowest BCUT2D eigenvalue weighted by molar-refractivity contribution is 0.0952. The zero-order chi connectivity index (χ0) is 20.0. The molecule has 0 heterocycles. The van der Waals surface area contributed by atoms with Gasteiger partial charge in [-0.25, -0.2) is 8.42 Å². The quantitative estimate of drug-likeness (QED) is 0.726. The van der Waals surface area contributed by atoms with Crippen molar-refractivity contribution in [3.05, 3.63) is 54.1 Å². The molecule has 27 heavy (non-hydrogen) atoms. The second-order valence-corrected chi connectivity index (χ2v) is 8.69. The van der Waals surface area contributed by atoms with E-state index in [0.717, 1.165) is 12.1 Å². The van der Waals surface area contributed by atoms with Gasteiger partial charge in [-0.05, 0) is 60.9 Å². The number of nitrogens with one attached hydrogen (secondary N) is 2. The summed E-state index contributed by atoms with van der Waals surface area (Å²) in [6.07, 6.45) is 0.898. The van der Waals surface area contributed by atoms with Gasteiger partial charge in [0.15, 0.2) is 0 Å². The number of rotatable bonds is 8. The first kappa shape index (κ1) is 20.8. The topological polar surface area (TPSA) is 78.5 Å². The van der Waals surface area contributed by atoms with Gasteiger partial charge in [0.2, 0.25) is 0 Å². The summed E-state index contributed by atoms with van der Waals surface area (Å²) in [7, 11) is 0.120. The van der Waals surface area contributed by atoms with Crippen LogP contribution in [0.25, 0.3) is 0 Å². The number of anilines is 2. The third-order valence-corrected chi connectivity index (χ3v) is 5.47. The molecule has 6 nitrogen and oxygen atoms in total. The van der Waals surface area contributed by atoms with E-state index in [0.29, 0.717) is 23.7 Å². The summed E-state index contributed by atoms with van der Waals surface area (Å²) in [6.45, 7) is 4.78. The molecule has 0 saturated heterocycles. The molecule has 0 aliphatic heterocycles. The highest BCUT2D eigenvalue weighted by Crippen LogP contribution is 2.20. The van der Waals surface area contributed by atoms with Crippen LogP contribution >= 0.6 is 0 Å². The smallest absolute Gasteiger partial charge is 0.261 e. The van der Waals surface area contributed by atoms with E-state index in [9.17, 15) is 13.2 Å². The third kappa shape index (κ3) is 5.99. The van der Waals surface area contributed by atoms with Crippen LogP contribution in [0.1, 0.15) is 30.6 Å². The monoisotopic (exact) mass is 389 g/mol. The molecule has 0 aliphatic carbocycles. The van der Waals surface area contributed by atoms with Crippen molar-refractivity contribution in [2.24, 2.45) is 5.92 Å². The molecular formula is C20H27N3O3S. The van der Waals surface area contributed by atoms with E-state index in [1.165, 1.54) is 24.3 Å². The molecule has 1 amide bonds. The van der Waals surface area contributed by atoms with Gasteiger partial charge in [0.05, 0.1) is 4.90 Å². The Kier molecular flexibility index (Phi) is 6.85. The predicted octanol–water partition coefficient (Wildman–Crippen LogP) is 3.33. The number of hydrogen-bond donors (Lipinski definition) is 2. The van der Waals surface area contributed by atoms with Gasteiger partial charge in [-0.1, -0.05) is 13.8 Å². The Hall–Kier alpha value is -2.54. The van der Waals surface area contributed by atoms with Crippen molar-refractivity contribution in [3.63, 3.8) is 0 Å². The van der Waals surface area contributed by atoms with Crippen LogP contribution in [-0.4, -0.2) is 35.0 Å². The highest BCUT2D eigenvalue weighted by molar-refractivity contribution is 7.92. The second kappa shape index (κ2) is 8.90. The zero-order valence-corrected chi connectivity index (χ0v) is 17.0. The van der Waals surface area contributed by atoms with Gasteiger partial charge in [0, 0.05) is 37.6 Å². The lowest BCUT2D eigenvalue weighted by atomic mass is 10.1. The first-order chi connectivity index (χ1) is 12.7. The van der Waals surface area contributed by atoms with Gasteiger partial charge in [-0.15, -0.1) is 0 Å². The minimum Gasteiger partial charge on any atom is -0.378 e. The summed E-state index contributed by atoms with van der Waals surface area (Å²) in [5.41, 5.74) is 1.90. The van der Waals surface area contributed by atoms with Crippen LogP contribution in [0.5, 0.6) is 0 Å². The highest BCUT2D eigenvalue weighted by atomic mass is 32.2. The summed E-state index contributed by atoms with van der Waals surface area (Å²) < 4.78 is 27.6. The molecule has 0 saturated carbocycles. The normalized spacial score (nSPS) is 11.3. The van der Waals surface area contributed by atoms with Crippen LogP contribution in [0.3, 0.4) is 0 Å². The minimum atomic E-state index is -3.71. The molecule has 2 N–H and O–H groups in total. The minimum absolute atomic E-state index is 0.109. The van der Waals surface area contributed by atoms with Crippen molar-refractivity contribution < 1.29 is 13.2 Å². The van der Waals surface area contributed by atoms with Crippen LogP contribution < -0.4 is 14.9 Å². The largest absolute Gasteiger partial charge is 0.378 e. The number of sulfonamides is 1. The van der Waals surface area contributed by atoms with Crippen LogP contribution in [0.2, 0.25) is 0 Å². The average Bonchev–Trinajstić information content (AvgIpc) is 2.61. The number of carbonyl (C=O) groups excluding carboxylic acids is 1. The number of hydrogen-bond acceptors (Lipinski definition) is 4. The van der Waals surface area contributed by atoms with E-state index in [1.807, 2.05) is 31.1 Å². The molecule has 0 radical (unpaired) electrons. The fraction of sp³-hybridized carbons (Fsp3) is 0.350. The van der Waals surface area contributed by atoms with E-state index >= 15 is 0 Å². The molecule has 0 aliphatic rings. The highest BCUT2D eigenvalue weighted by Gasteiger charge is 2.15. The van der Waals surface area contributed by atoms with Crippen molar-refractivity contribution in [1.29, 1.82) is 0 Å². The predicted molar refractivity (Wildman–Crippen MR) is 110 cm³/mol. The maximum absolute atomic E-state index is 12.5. The SMILES string of the molecule is CC(C)CCNC(=O)c1ccc(S(=O)(=O)Nc2ccc(N(C)C)cc2)cc1. The van der Waals surface area contributed by atoms with Crippen molar-refractivity contribution in [2.45, 2.75) is 25.2 Å². The molecule has 0 spiro atoms. The maximum atomic E-state index is 12.5. The molecule has 146 valence electrons. The van der Waals surface area contributed by atoms with E-state index in [-0.39, 0.29) is 10.8 Å². The van der Waals surface area contributed by atoms with Gasteiger partial charge >= 0.3 is 0 Å². The molecule has 0 atom stereocenters. The summed E-state index contributed by atoms with van der Waals surface area (Å²) in [5.74, 6) is 0.308. The zero-order valence-electron chi connectivity index (χ0n) is 16.2. The van der Waals surface area contributed by atoms with Gasteiger partial charge in [0.25, 0.3) is 15.9 Å². The van der Waals surface area contributed by atoms with Crippen molar-refractivity contribution in [2.75, 3.05) is 30.3 Å². The molecule has 2 rings (SSSR count). The summed E-state index contributed by atoms with van der Waals surface area (Å²) in [6, 6.07) is 13.0. The number of nitrogens with zero attached hydrogens (tertiary/aromatic N) is 1. The standard InChI is InChI=1S/C20H27N3O3S/c1-15(2)13-14-21-20(24)16-5-11-19(12-6-16)27(25,26)22-17-7-9-18(10-8-17)23(3)4/h5-12,15,22H,13-14H2,1-4H3,(H,21,24). The fourth-order valence-corrected chi connectivity index (χ4v) is 3.46. The number of amides is 1. The number of carbonyl (C=O) groups is 1. The van der Waals surface area contributed by atoms with Crippen LogP contribution in [0, 0.1) is 5.92 Å². The first-order valence-electron chi connectivity index (χ1n) is 8.87. The molecular weight excluding hydrogens is 362 g/mol. The van der Waals surface area contributed by atoms with Crippen molar-refractivity contribution >= 4 is 27.3 Å². The molecule has 0 unspecified atom stereocenters. The van der Waals surface area contributed by atoms with Crippen molar-refractivity contribution in [1.82, 2.24) is 5.32 Å². The Balaban J connectivity index is 2.05. The van der Waals surface area contributed by atoms with E-state index in [2.05, 4.69) is 23.9 Å². The summed E-state index contributed by atoms with van der Waals surface area (Å²) >= 11 is 0. The lowest BCUT2D eigenvalue weighted by Gasteiger charge is -2.13. The van der Waals surface area contributed by atoms with E-state index < -0.39 is 10.0 Å². The Morgan fingerprint density at radius 3 is 2.11 bits per heavy atom. The molecule has 2 aromatic carbocycles. The average molecular weight is 390 g/mol. The van der Waals surface area contributed by atoms with Gasteiger partial charge in [0.1, 0.15) is 0 Å². The van der Waals surface area contributed by atoms with Crippen LogP contribution in [0.4, 0.5) is 11.4 Å². The van der Waals surface area contributed by atoms with Gasteiger partial charge < -0.3 is 10.2 Å². The maximum Gasteiger partial charge on any atom is 0.261 e. The Bertz CT molecular complexity index is 858. The lowest BCUT2D eigenvalue weighted by Crippen LogP contribution is -2.25. The van der Waals surface area contributed by atoms with Crippen LogP contribution in [0.15, 0.2) is 53.4 Å². The van der Waals surface area contributed by atoms with Gasteiger partial charge in [-0.3, -0.25) is 9.52 Å². The molecule has 7 heteroatoms. The first-order valence-corrected chi connectivity index (χ1v) is 10.4. The van der Waals surface area contributed by atoms with E-state index in [4.69, 9.17) is 0 Å². The second-order valence-electron chi connectivity index (χ2n) is 7.01. The fourth-order valence-electron chi connectivity index (χ4n) is 2.40. The van der Waals surface area contributed by atoms with Crippen LogP contribution in [-0.2, 0) is 10.0 Å². The van der Waals surface area contributed by atoms with Crippen molar-refractivity contribution in [3.8, 4) is 0 Å². The Labute approximate surface area is 161 Å². The molecule has 0 bridgehead atoms. The summed E-state index contributed by atoms with van der Waals surface area (Å²) in [4.78, 5) is 14.1. The molecule has 0 fully saturated rings. The molecule has 2 aromatic rings. The summed E-state index contributed by atoms with van der Waals surface area (Å²) in [5, 5.41) is 2.83. The van der Waals surface area contributed by atoms with Gasteiger partial charge in [-0.2, -0.15) is 0 Å². The Morgan fingerprint density at radius 1 is 1.00 bits per heavy atom.